The normalized spacial score (nSPS) is 12.9. The van der Waals surface area contributed by atoms with E-state index in [1.165, 1.54) is 11.6 Å². The summed E-state index contributed by atoms with van der Waals surface area (Å²) in [5.41, 5.74) is -2.05. The van der Waals surface area contributed by atoms with Crippen molar-refractivity contribution in [2.24, 2.45) is 14.1 Å². The van der Waals surface area contributed by atoms with Crippen LogP contribution < -0.4 is 16.6 Å². The van der Waals surface area contributed by atoms with E-state index in [2.05, 4.69) is 15.3 Å². The Labute approximate surface area is 121 Å². The predicted molar refractivity (Wildman–Crippen MR) is 80.6 cm³/mol. The number of nitrogens with one attached hydrogen (secondary N) is 2. The van der Waals surface area contributed by atoms with E-state index in [1.54, 1.807) is 20.9 Å². The summed E-state index contributed by atoms with van der Waals surface area (Å²) < 4.78 is 2.32. The highest BCUT2D eigenvalue weighted by molar-refractivity contribution is 5.72. The van der Waals surface area contributed by atoms with Crippen molar-refractivity contribution in [3.05, 3.63) is 20.8 Å². The highest BCUT2D eigenvalue weighted by Gasteiger charge is 2.35. The van der Waals surface area contributed by atoms with Crippen LogP contribution in [0, 0.1) is 0 Å². The summed E-state index contributed by atoms with van der Waals surface area (Å²) in [5, 5.41) is 13.2. The maximum absolute atomic E-state index is 12.1. The lowest BCUT2D eigenvalue weighted by Crippen LogP contribution is -2.51. The quantitative estimate of drug-likeness (QED) is 0.734. The number of imidazole rings is 1. The molecule has 0 aliphatic heterocycles. The SMILES string of the molecule is Cn1c(=O)c2[nH]c(NC(C)(C)C(C)(C)O)nc2n(C)c1=O. The summed E-state index contributed by atoms with van der Waals surface area (Å²) in [7, 11) is 2.97. The molecule has 0 unspecified atom stereocenters. The molecule has 0 saturated carbocycles. The van der Waals surface area contributed by atoms with Crippen LogP contribution in [-0.2, 0) is 14.1 Å². The van der Waals surface area contributed by atoms with E-state index >= 15 is 0 Å². The summed E-state index contributed by atoms with van der Waals surface area (Å²) in [6, 6.07) is 0. The molecule has 0 amide bonds. The Balaban J connectivity index is 2.61. The van der Waals surface area contributed by atoms with Crippen LogP contribution >= 0.6 is 0 Å². The van der Waals surface area contributed by atoms with Crippen molar-refractivity contribution in [3.63, 3.8) is 0 Å². The number of aromatic nitrogens is 4. The minimum absolute atomic E-state index is 0.244. The smallest absolute Gasteiger partial charge is 0.332 e. The third kappa shape index (κ3) is 2.35. The predicted octanol–water partition coefficient (Wildman–Crippen LogP) is -0.0783. The van der Waals surface area contributed by atoms with Crippen LogP contribution in [0.5, 0.6) is 0 Å². The monoisotopic (exact) mass is 295 g/mol. The lowest BCUT2D eigenvalue weighted by atomic mass is 9.86. The van der Waals surface area contributed by atoms with Gasteiger partial charge in [0.1, 0.15) is 0 Å². The van der Waals surface area contributed by atoms with Gasteiger partial charge in [-0.25, -0.2) is 4.79 Å². The number of fused-ring (bicyclic) bond motifs is 1. The van der Waals surface area contributed by atoms with Gasteiger partial charge < -0.3 is 15.4 Å². The van der Waals surface area contributed by atoms with Crippen molar-refractivity contribution in [2.75, 3.05) is 5.32 Å². The average Bonchev–Trinajstić information content (AvgIpc) is 2.75. The third-order valence-corrected chi connectivity index (χ3v) is 4.06. The highest BCUT2D eigenvalue weighted by Crippen LogP contribution is 2.25. The zero-order valence-corrected chi connectivity index (χ0v) is 13.1. The fraction of sp³-hybridized carbons (Fsp3) is 0.615. The van der Waals surface area contributed by atoms with E-state index in [9.17, 15) is 14.7 Å². The summed E-state index contributed by atoms with van der Waals surface area (Å²) in [5.74, 6) is 0.329. The molecule has 8 nitrogen and oxygen atoms in total. The molecule has 0 saturated heterocycles. The lowest BCUT2D eigenvalue weighted by Gasteiger charge is -2.37. The van der Waals surface area contributed by atoms with E-state index in [-0.39, 0.29) is 11.2 Å². The zero-order chi connectivity index (χ0) is 16.2. The molecule has 0 spiro atoms. The van der Waals surface area contributed by atoms with E-state index < -0.39 is 22.4 Å². The van der Waals surface area contributed by atoms with Crippen molar-refractivity contribution in [2.45, 2.75) is 38.8 Å². The van der Waals surface area contributed by atoms with Gasteiger partial charge in [-0.3, -0.25) is 13.9 Å². The van der Waals surface area contributed by atoms with Gasteiger partial charge in [-0.05, 0) is 27.7 Å². The van der Waals surface area contributed by atoms with Crippen molar-refractivity contribution in [1.29, 1.82) is 0 Å². The Bertz CT molecular complexity index is 804. The van der Waals surface area contributed by atoms with Crippen LogP contribution in [0.15, 0.2) is 9.59 Å². The molecule has 21 heavy (non-hydrogen) atoms. The molecule has 2 heterocycles. The lowest BCUT2D eigenvalue weighted by molar-refractivity contribution is 0.0237. The van der Waals surface area contributed by atoms with Crippen molar-refractivity contribution < 1.29 is 5.11 Å². The molecule has 0 aliphatic carbocycles. The van der Waals surface area contributed by atoms with Crippen molar-refractivity contribution in [3.8, 4) is 0 Å². The standard InChI is InChI=1S/C13H21N5O3/c1-12(2,13(3,4)21)16-10-14-7-8(15-10)17(5)11(20)18(6)9(7)19/h21H,1-6H3,(H2,14,15,16). The number of hydrogen-bond acceptors (Lipinski definition) is 5. The first-order valence-electron chi connectivity index (χ1n) is 6.62. The maximum atomic E-state index is 12.1. The van der Waals surface area contributed by atoms with E-state index in [4.69, 9.17) is 0 Å². The molecule has 0 bridgehead atoms. The number of anilines is 1. The Hall–Kier alpha value is -2.09. The topological polar surface area (TPSA) is 105 Å². The Morgan fingerprint density at radius 3 is 2.24 bits per heavy atom. The molecule has 0 aliphatic rings. The second-order valence-corrected chi connectivity index (χ2v) is 6.30. The maximum Gasteiger partial charge on any atom is 0.332 e. The van der Waals surface area contributed by atoms with Crippen molar-refractivity contribution >= 4 is 17.1 Å². The molecule has 0 aromatic carbocycles. The Morgan fingerprint density at radius 1 is 1.14 bits per heavy atom. The van der Waals surface area contributed by atoms with Crippen LogP contribution in [0.1, 0.15) is 27.7 Å². The first-order chi connectivity index (χ1) is 9.45. The van der Waals surface area contributed by atoms with Gasteiger partial charge in [0.2, 0.25) is 5.95 Å². The summed E-state index contributed by atoms with van der Waals surface area (Å²) >= 11 is 0. The molecule has 2 aromatic rings. The van der Waals surface area contributed by atoms with Gasteiger partial charge in [0.05, 0.1) is 11.1 Å². The highest BCUT2D eigenvalue weighted by atomic mass is 16.3. The number of nitrogens with zero attached hydrogens (tertiary/aromatic N) is 3. The van der Waals surface area contributed by atoms with Gasteiger partial charge in [0.15, 0.2) is 11.2 Å². The molecule has 0 atom stereocenters. The summed E-state index contributed by atoms with van der Waals surface area (Å²) in [6.07, 6.45) is 0. The third-order valence-electron chi connectivity index (χ3n) is 4.06. The minimum atomic E-state index is -1.01. The van der Waals surface area contributed by atoms with Crippen LogP contribution in [0.4, 0.5) is 5.95 Å². The van der Waals surface area contributed by atoms with Crippen LogP contribution in [0.3, 0.4) is 0 Å². The molecular weight excluding hydrogens is 274 g/mol. The van der Waals surface area contributed by atoms with Gasteiger partial charge in [-0.15, -0.1) is 0 Å². The van der Waals surface area contributed by atoms with Crippen molar-refractivity contribution in [1.82, 2.24) is 19.1 Å². The fourth-order valence-corrected chi connectivity index (χ4v) is 1.83. The molecular formula is C13H21N5O3. The number of aromatic amines is 1. The van der Waals surface area contributed by atoms with E-state index in [1.807, 2.05) is 13.8 Å². The Kier molecular flexibility index (Phi) is 3.25. The number of aryl methyl sites for hydroxylation is 1. The summed E-state index contributed by atoms with van der Waals surface area (Å²) in [4.78, 5) is 31.1. The largest absolute Gasteiger partial charge is 0.388 e. The first-order valence-corrected chi connectivity index (χ1v) is 6.62. The van der Waals surface area contributed by atoms with Crippen LogP contribution in [0.2, 0.25) is 0 Å². The number of hydrogen-bond donors (Lipinski definition) is 3. The van der Waals surface area contributed by atoms with Gasteiger partial charge in [-0.2, -0.15) is 4.98 Å². The number of aliphatic hydroxyl groups is 1. The van der Waals surface area contributed by atoms with Crippen LogP contribution in [0.25, 0.3) is 11.2 Å². The molecule has 2 aromatic heterocycles. The molecule has 8 heteroatoms. The molecule has 2 rings (SSSR count). The molecule has 0 fully saturated rings. The van der Waals surface area contributed by atoms with Gasteiger partial charge in [0, 0.05) is 14.1 Å². The minimum Gasteiger partial charge on any atom is -0.388 e. The van der Waals surface area contributed by atoms with Gasteiger partial charge in [0.25, 0.3) is 5.56 Å². The van der Waals surface area contributed by atoms with Crippen LogP contribution in [-0.4, -0.2) is 35.3 Å². The van der Waals surface area contributed by atoms with Gasteiger partial charge in [-0.1, -0.05) is 0 Å². The average molecular weight is 295 g/mol. The Morgan fingerprint density at radius 2 is 1.71 bits per heavy atom. The van der Waals surface area contributed by atoms with Gasteiger partial charge >= 0.3 is 5.69 Å². The fourth-order valence-electron chi connectivity index (χ4n) is 1.83. The molecule has 116 valence electrons. The second-order valence-electron chi connectivity index (χ2n) is 6.30. The van der Waals surface area contributed by atoms with E-state index in [0.29, 0.717) is 5.95 Å². The first kappa shape index (κ1) is 15.3. The van der Waals surface area contributed by atoms with E-state index in [0.717, 1.165) is 4.57 Å². The zero-order valence-electron chi connectivity index (χ0n) is 13.1. The second kappa shape index (κ2) is 4.45. The number of rotatable bonds is 3. The molecule has 3 N–H and O–H groups in total. The number of H-pyrrole nitrogens is 1. The molecule has 0 radical (unpaired) electrons. The summed E-state index contributed by atoms with van der Waals surface area (Å²) in [6.45, 7) is 6.99.